The van der Waals surface area contributed by atoms with Gasteiger partial charge in [0.15, 0.2) is 0 Å². The monoisotopic (exact) mass is 297 g/mol. The number of benzene rings is 1. The minimum absolute atomic E-state index is 0.237. The van der Waals surface area contributed by atoms with E-state index in [0.29, 0.717) is 12.1 Å². The first-order valence-electron chi connectivity index (χ1n) is 4.64. The van der Waals surface area contributed by atoms with E-state index in [0.717, 1.165) is 0 Å². The normalized spacial score (nSPS) is 12.5. The summed E-state index contributed by atoms with van der Waals surface area (Å²) in [6.45, 7) is 0. The summed E-state index contributed by atoms with van der Waals surface area (Å²) in [5, 5.41) is 19.9. The first kappa shape index (κ1) is 15.0. The summed E-state index contributed by atoms with van der Waals surface area (Å²) in [5.74, 6) is -1.30. The standard InChI is InChI=1S/C9H7ClF3N3O3/c10-3-8(14)15-5-1-4(9(11,12)13)6(16(18)19)2-7(5)17/h1-2,17H,3H2,(H2,14,15). The molecule has 0 aromatic heterocycles. The lowest BCUT2D eigenvalue weighted by molar-refractivity contribution is -0.388. The quantitative estimate of drug-likeness (QED) is 0.294. The molecule has 0 aliphatic carbocycles. The van der Waals surface area contributed by atoms with Crippen molar-refractivity contribution in [1.82, 2.24) is 0 Å². The van der Waals surface area contributed by atoms with Crippen LogP contribution in [0.15, 0.2) is 17.1 Å². The molecule has 1 aromatic rings. The number of nitrogens with two attached hydrogens (primary N) is 1. The largest absolute Gasteiger partial charge is 0.505 e. The zero-order valence-corrected chi connectivity index (χ0v) is 9.87. The lowest BCUT2D eigenvalue weighted by atomic mass is 10.1. The van der Waals surface area contributed by atoms with Gasteiger partial charge in [-0.05, 0) is 6.07 Å². The number of halogens is 4. The predicted molar refractivity (Wildman–Crippen MR) is 61.8 cm³/mol. The van der Waals surface area contributed by atoms with Gasteiger partial charge in [0, 0.05) is 0 Å². The molecule has 0 bridgehead atoms. The van der Waals surface area contributed by atoms with Crippen molar-refractivity contribution in [2.45, 2.75) is 6.18 Å². The van der Waals surface area contributed by atoms with Crippen LogP contribution in [0.2, 0.25) is 0 Å². The molecule has 0 aliphatic heterocycles. The second-order valence-corrected chi connectivity index (χ2v) is 3.62. The van der Waals surface area contributed by atoms with Crippen LogP contribution in [0.1, 0.15) is 5.56 Å². The summed E-state index contributed by atoms with van der Waals surface area (Å²) < 4.78 is 37.9. The van der Waals surface area contributed by atoms with Gasteiger partial charge in [0.1, 0.15) is 22.8 Å². The average molecular weight is 298 g/mol. The Balaban J connectivity index is 3.52. The molecular formula is C9H7ClF3N3O3. The van der Waals surface area contributed by atoms with Crippen molar-refractivity contribution in [2.24, 2.45) is 10.7 Å². The van der Waals surface area contributed by atoms with E-state index in [9.17, 15) is 28.4 Å². The van der Waals surface area contributed by atoms with Crippen LogP contribution < -0.4 is 5.73 Å². The summed E-state index contributed by atoms with van der Waals surface area (Å²) in [7, 11) is 0. The zero-order valence-electron chi connectivity index (χ0n) is 9.11. The van der Waals surface area contributed by atoms with Crippen molar-refractivity contribution in [3.05, 3.63) is 27.8 Å². The number of aliphatic imine (C=N–C) groups is 1. The van der Waals surface area contributed by atoms with Crippen molar-refractivity contribution in [2.75, 3.05) is 5.88 Å². The third-order valence-electron chi connectivity index (χ3n) is 2.00. The maximum Gasteiger partial charge on any atom is 0.423 e. The third kappa shape index (κ3) is 3.47. The molecule has 0 fully saturated rings. The molecule has 0 aliphatic rings. The van der Waals surface area contributed by atoms with Gasteiger partial charge in [-0.25, -0.2) is 4.99 Å². The molecule has 104 valence electrons. The van der Waals surface area contributed by atoms with E-state index in [4.69, 9.17) is 17.3 Å². The first-order chi connectivity index (χ1) is 8.66. The number of hydrogen-bond acceptors (Lipinski definition) is 4. The Morgan fingerprint density at radius 1 is 1.53 bits per heavy atom. The SMILES string of the molecule is NC(CCl)=Nc1cc(C(F)(F)F)c([N+](=O)[O-])cc1O. The van der Waals surface area contributed by atoms with Gasteiger partial charge in [0.2, 0.25) is 0 Å². The molecule has 0 amide bonds. The van der Waals surface area contributed by atoms with E-state index in [1.165, 1.54) is 0 Å². The number of nitro groups is 1. The van der Waals surface area contributed by atoms with Crippen LogP contribution in [-0.2, 0) is 6.18 Å². The van der Waals surface area contributed by atoms with Crippen LogP contribution >= 0.6 is 11.6 Å². The average Bonchev–Trinajstić information content (AvgIpc) is 2.29. The fraction of sp³-hybridized carbons (Fsp3) is 0.222. The van der Waals surface area contributed by atoms with Gasteiger partial charge in [-0.15, -0.1) is 11.6 Å². The van der Waals surface area contributed by atoms with Crippen molar-refractivity contribution in [1.29, 1.82) is 0 Å². The van der Waals surface area contributed by atoms with Crippen LogP contribution in [0.3, 0.4) is 0 Å². The number of aromatic hydroxyl groups is 1. The van der Waals surface area contributed by atoms with E-state index in [2.05, 4.69) is 4.99 Å². The Morgan fingerprint density at radius 3 is 2.53 bits per heavy atom. The summed E-state index contributed by atoms with van der Waals surface area (Å²) in [6, 6.07) is 0.704. The number of amidine groups is 1. The summed E-state index contributed by atoms with van der Waals surface area (Å²) >= 11 is 5.30. The highest BCUT2D eigenvalue weighted by atomic mass is 35.5. The number of nitrogens with zero attached hydrogens (tertiary/aromatic N) is 2. The van der Waals surface area contributed by atoms with E-state index in [-0.39, 0.29) is 11.7 Å². The molecule has 0 saturated heterocycles. The number of phenols is 1. The predicted octanol–water partition coefficient (Wildman–Crippen LogP) is 2.55. The minimum atomic E-state index is -4.96. The van der Waals surface area contributed by atoms with Crippen molar-refractivity contribution < 1.29 is 23.2 Å². The molecule has 0 saturated carbocycles. The van der Waals surface area contributed by atoms with E-state index in [1.807, 2.05) is 0 Å². The minimum Gasteiger partial charge on any atom is -0.505 e. The van der Waals surface area contributed by atoms with Gasteiger partial charge < -0.3 is 10.8 Å². The lowest BCUT2D eigenvalue weighted by Crippen LogP contribution is -2.13. The smallest absolute Gasteiger partial charge is 0.423 e. The van der Waals surface area contributed by atoms with E-state index < -0.39 is 33.8 Å². The number of phenolic OH excluding ortho intramolecular Hbond substituents is 1. The van der Waals surface area contributed by atoms with Crippen molar-refractivity contribution >= 4 is 28.8 Å². The topological polar surface area (TPSA) is 102 Å². The molecule has 1 aromatic carbocycles. The number of nitro benzene ring substituents is 1. The van der Waals surface area contributed by atoms with Crippen LogP contribution in [0.4, 0.5) is 24.5 Å². The Bertz CT molecular complexity index is 545. The Kier molecular flexibility index (Phi) is 4.20. The molecule has 1 rings (SSSR count). The Hall–Kier alpha value is -2.03. The van der Waals surface area contributed by atoms with Gasteiger partial charge in [-0.3, -0.25) is 10.1 Å². The maximum atomic E-state index is 12.6. The highest BCUT2D eigenvalue weighted by Crippen LogP contribution is 2.42. The van der Waals surface area contributed by atoms with Gasteiger partial charge in [0.25, 0.3) is 5.69 Å². The number of alkyl halides is 4. The molecule has 10 heteroatoms. The molecule has 0 radical (unpaired) electrons. The Labute approximate surface area is 109 Å². The van der Waals surface area contributed by atoms with E-state index >= 15 is 0 Å². The summed E-state index contributed by atoms with van der Waals surface area (Å²) in [5.41, 5.74) is 1.88. The van der Waals surface area contributed by atoms with Gasteiger partial charge >= 0.3 is 6.18 Å². The molecule has 0 heterocycles. The maximum absolute atomic E-state index is 12.6. The van der Waals surface area contributed by atoms with Gasteiger partial charge in [-0.2, -0.15) is 13.2 Å². The lowest BCUT2D eigenvalue weighted by Gasteiger charge is -2.09. The van der Waals surface area contributed by atoms with Crippen molar-refractivity contribution in [3.8, 4) is 5.75 Å². The Morgan fingerprint density at radius 2 is 2.11 bits per heavy atom. The summed E-state index contributed by atoms with van der Waals surface area (Å²) in [6.07, 6.45) is -4.96. The zero-order chi connectivity index (χ0) is 14.8. The molecule has 0 unspecified atom stereocenters. The second kappa shape index (κ2) is 5.31. The van der Waals surface area contributed by atoms with Crippen LogP contribution in [0, 0.1) is 10.1 Å². The highest BCUT2D eigenvalue weighted by molar-refractivity contribution is 6.28. The van der Waals surface area contributed by atoms with Crippen molar-refractivity contribution in [3.63, 3.8) is 0 Å². The van der Waals surface area contributed by atoms with Crippen LogP contribution in [0.25, 0.3) is 0 Å². The number of hydrogen-bond donors (Lipinski definition) is 2. The summed E-state index contributed by atoms with van der Waals surface area (Å²) in [4.78, 5) is 12.7. The molecule has 0 spiro atoms. The van der Waals surface area contributed by atoms with Crippen LogP contribution in [0.5, 0.6) is 5.75 Å². The number of rotatable bonds is 3. The molecule has 6 nitrogen and oxygen atoms in total. The fourth-order valence-electron chi connectivity index (χ4n) is 1.22. The molecule has 3 N–H and O–H groups in total. The fourth-order valence-corrected chi connectivity index (χ4v) is 1.28. The second-order valence-electron chi connectivity index (χ2n) is 3.35. The van der Waals surface area contributed by atoms with E-state index in [1.54, 1.807) is 0 Å². The van der Waals surface area contributed by atoms with Gasteiger partial charge in [-0.1, -0.05) is 0 Å². The molecule has 19 heavy (non-hydrogen) atoms. The molecular weight excluding hydrogens is 291 g/mol. The first-order valence-corrected chi connectivity index (χ1v) is 5.18. The highest BCUT2D eigenvalue weighted by Gasteiger charge is 2.39. The van der Waals surface area contributed by atoms with Crippen LogP contribution in [-0.4, -0.2) is 21.7 Å². The molecule has 0 atom stereocenters. The third-order valence-corrected chi connectivity index (χ3v) is 2.27. The van der Waals surface area contributed by atoms with Gasteiger partial charge in [0.05, 0.1) is 16.9 Å².